The van der Waals surface area contributed by atoms with E-state index in [-0.39, 0.29) is 19.3 Å². The summed E-state index contributed by atoms with van der Waals surface area (Å²) in [5.41, 5.74) is 0. The third-order valence-electron chi connectivity index (χ3n) is 7.46. The Hall–Kier alpha value is -1.51. The van der Waals surface area contributed by atoms with Gasteiger partial charge in [0, 0.05) is 5.39 Å². The standard InChI is InChI=1S/C34H57O8P/c1-2-3-4-5-6-7-8-9-10-11-12-13-14-15-21-32(42-34-23-18-20-31-19-16-17-22-33(31)34)30-40-27-26-38-24-25-39-28-29-41-43(35,36)37/h16-20,22-23,32H,2-15,21,24-30H2,1H3,(H2,35,36,37). The molecule has 0 amide bonds. The maximum atomic E-state index is 10.6. The smallest absolute Gasteiger partial charge is 0.469 e. The van der Waals surface area contributed by atoms with Gasteiger partial charge in [0.2, 0.25) is 0 Å². The van der Waals surface area contributed by atoms with Crippen LogP contribution in [0.3, 0.4) is 0 Å². The Kier molecular flexibility index (Phi) is 21.7. The van der Waals surface area contributed by atoms with E-state index in [0.29, 0.717) is 33.0 Å². The molecule has 43 heavy (non-hydrogen) atoms. The van der Waals surface area contributed by atoms with Gasteiger partial charge < -0.3 is 28.7 Å². The molecule has 1 unspecified atom stereocenters. The fourth-order valence-electron chi connectivity index (χ4n) is 5.09. The number of hydrogen-bond donors (Lipinski definition) is 2. The zero-order valence-electron chi connectivity index (χ0n) is 26.5. The van der Waals surface area contributed by atoms with Crippen LogP contribution in [-0.4, -0.2) is 62.1 Å². The predicted molar refractivity (Wildman–Crippen MR) is 174 cm³/mol. The zero-order chi connectivity index (χ0) is 30.9. The number of hydrogen-bond acceptors (Lipinski definition) is 6. The number of ether oxygens (including phenoxy) is 4. The van der Waals surface area contributed by atoms with Gasteiger partial charge in [0.05, 0.1) is 46.2 Å². The van der Waals surface area contributed by atoms with Crippen molar-refractivity contribution in [3.63, 3.8) is 0 Å². The van der Waals surface area contributed by atoms with Crippen LogP contribution in [0.2, 0.25) is 0 Å². The van der Waals surface area contributed by atoms with Gasteiger partial charge in [-0.15, -0.1) is 0 Å². The molecule has 2 rings (SSSR count). The van der Waals surface area contributed by atoms with Crippen LogP contribution in [-0.2, 0) is 23.3 Å². The molecule has 0 bridgehead atoms. The highest BCUT2D eigenvalue weighted by Gasteiger charge is 2.14. The first-order chi connectivity index (χ1) is 21.0. The quantitative estimate of drug-likeness (QED) is 0.0685. The van der Waals surface area contributed by atoms with Crippen molar-refractivity contribution >= 4 is 18.6 Å². The second kappa shape index (κ2) is 24.8. The minimum absolute atomic E-state index is 0.0273. The molecule has 0 saturated heterocycles. The van der Waals surface area contributed by atoms with E-state index in [9.17, 15) is 4.57 Å². The molecule has 0 saturated carbocycles. The summed E-state index contributed by atoms with van der Waals surface area (Å²) in [6.07, 6.45) is 19.7. The first-order valence-corrected chi connectivity index (χ1v) is 18.1. The SMILES string of the molecule is CCCCCCCCCCCCCCCCC(COCCOCCOCCOP(=O)(O)O)Oc1cccc2ccccc12. The van der Waals surface area contributed by atoms with Crippen molar-refractivity contribution in [1.82, 2.24) is 0 Å². The van der Waals surface area contributed by atoms with Crippen molar-refractivity contribution in [1.29, 1.82) is 0 Å². The maximum Gasteiger partial charge on any atom is 0.469 e. The second-order valence-electron chi connectivity index (χ2n) is 11.2. The molecule has 2 aromatic rings. The molecule has 0 aliphatic rings. The van der Waals surface area contributed by atoms with Crippen molar-refractivity contribution in [2.75, 3.05) is 46.2 Å². The van der Waals surface area contributed by atoms with Crippen molar-refractivity contribution in [2.24, 2.45) is 0 Å². The van der Waals surface area contributed by atoms with Crippen molar-refractivity contribution in [2.45, 2.75) is 109 Å². The molecule has 8 nitrogen and oxygen atoms in total. The third-order valence-corrected chi connectivity index (χ3v) is 7.98. The fourth-order valence-corrected chi connectivity index (χ4v) is 5.40. The molecule has 246 valence electrons. The molecule has 0 radical (unpaired) electrons. The number of unbranched alkanes of at least 4 members (excludes halogenated alkanes) is 13. The Morgan fingerprint density at radius 2 is 1.14 bits per heavy atom. The monoisotopic (exact) mass is 624 g/mol. The highest BCUT2D eigenvalue weighted by atomic mass is 31.2. The highest BCUT2D eigenvalue weighted by Crippen LogP contribution is 2.35. The van der Waals surface area contributed by atoms with E-state index in [1.807, 2.05) is 24.3 Å². The van der Waals surface area contributed by atoms with E-state index in [4.69, 9.17) is 28.7 Å². The molecular weight excluding hydrogens is 567 g/mol. The number of phosphoric acid groups is 1. The van der Waals surface area contributed by atoms with Gasteiger partial charge in [-0.3, -0.25) is 4.52 Å². The number of benzene rings is 2. The van der Waals surface area contributed by atoms with Crippen LogP contribution in [0, 0.1) is 0 Å². The van der Waals surface area contributed by atoms with Gasteiger partial charge in [0.15, 0.2) is 0 Å². The van der Waals surface area contributed by atoms with Gasteiger partial charge in [0.1, 0.15) is 11.9 Å². The summed E-state index contributed by atoms with van der Waals surface area (Å²) >= 11 is 0. The van der Waals surface area contributed by atoms with Crippen molar-refractivity contribution in [3.8, 4) is 5.75 Å². The molecule has 0 heterocycles. The second-order valence-corrected chi connectivity index (χ2v) is 12.5. The minimum Gasteiger partial charge on any atom is -0.487 e. The van der Waals surface area contributed by atoms with E-state index in [1.54, 1.807) is 0 Å². The van der Waals surface area contributed by atoms with Crippen molar-refractivity contribution < 1.29 is 37.8 Å². The van der Waals surface area contributed by atoms with Crippen LogP contribution in [0.4, 0.5) is 0 Å². The summed E-state index contributed by atoms with van der Waals surface area (Å²) in [4.78, 5) is 17.3. The Morgan fingerprint density at radius 3 is 1.74 bits per heavy atom. The lowest BCUT2D eigenvalue weighted by Crippen LogP contribution is -2.24. The molecule has 0 fully saturated rings. The van der Waals surface area contributed by atoms with Crippen LogP contribution in [0.5, 0.6) is 5.75 Å². The van der Waals surface area contributed by atoms with E-state index in [0.717, 1.165) is 24.0 Å². The normalized spacial score (nSPS) is 12.6. The molecular formula is C34H57O8P. The van der Waals surface area contributed by atoms with Gasteiger partial charge >= 0.3 is 7.82 Å². The Morgan fingerprint density at radius 1 is 0.628 bits per heavy atom. The summed E-state index contributed by atoms with van der Waals surface area (Å²) < 4.78 is 38.2. The van der Waals surface area contributed by atoms with Gasteiger partial charge in [-0.25, -0.2) is 4.57 Å². The summed E-state index contributed by atoms with van der Waals surface area (Å²) in [5, 5.41) is 2.28. The van der Waals surface area contributed by atoms with Gasteiger partial charge in [0.25, 0.3) is 0 Å². The summed E-state index contributed by atoms with van der Waals surface area (Å²) in [5.74, 6) is 0.896. The number of rotatable bonds is 29. The topological polar surface area (TPSA) is 104 Å². The van der Waals surface area contributed by atoms with E-state index in [2.05, 4.69) is 29.6 Å². The summed E-state index contributed by atoms with van der Waals surface area (Å²) in [7, 11) is -4.44. The van der Waals surface area contributed by atoms with Gasteiger partial charge in [-0.2, -0.15) is 0 Å². The average molecular weight is 625 g/mol. The summed E-state index contributed by atoms with van der Waals surface area (Å²) in [6, 6.07) is 14.5. The lowest BCUT2D eigenvalue weighted by atomic mass is 10.0. The fraction of sp³-hybridized carbons (Fsp3) is 0.706. The Balaban J connectivity index is 1.61. The van der Waals surface area contributed by atoms with Crippen LogP contribution < -0.4 is 4.74 Å². The lowest BCUT2D eigenvalue weighted by molar-refractivity contribution is -0.00935. The van der Waals surface area contributed by atoms with E-state index >= 15 is 0 Å². The van der Waals surface area contributed by atoms with Crippen LogP contribution in [0.15, 0.2) is 42.5 Å². The highest BCUT2D eigenvalue weighted by molar-refractivity contribution is 7.46. The maximum absolute atomic E-state index is 10.6. The molecule has 0 aromatic heterocycles. The molecule has 1 atom stereocenters. The van der Waals surface area contributed by atoms with Gasteiger partial charge in [-0.05, 0) is 24.3 Å². The first-order valence-electron chi connectivity index (χ1n) is 16.6. The van der Waals surface area contributed by atoms with E-state index in [1.165, 1.54) is 88.9 Å². The zero-order valence-corrected chi connectivity index (χ0v) is 27.4. The Labute approximate surface area is 260 Å². The Bertz CT molecular complexity index is 977. The molecule has 0 spiro atoms. The van der Waals surface area contributed by atoms with Crippen molar-refractivity contribution in [3.05, 3.63) is 42.5 Å². The molecule has 2 aromatic carbocycles. The molecule has 0 aliphatic heterocycles. The number of fused-ring (bicyclic) bond motifs is 1. The molecule has 0 aliphatic carbocycles. The lowest BCUT2D eigenvalue weighted by Gasteiger charge is -2.20. The third kappa shape index (κ3) is 20.2. The van der Waals surface area contributed by atoms with Crippen LogP contribution in [0.1, 0.15) is 103 Å². The summed E-state index contributed by atoms with van der Waals surface area (Å²) in [6.45, 7) is 4.28. The first kappa shape index (κ1) is 37.7. The molecule has 9 heteroatoms. The van der Waals surface area contributed by atoms with Crippen LogP contribution >= 0.6 is 7.82 Å². The number of phosphoric ester groups is 1. The minimum atomic E-state index is -4.44. The van der Waals surface area contributed by atoms with E-state index < -0.39 is 7.82 Å². The average Bonchev–Trinajstić information content (AvgIpc) is 2.99. The predicted octanol–water partition coefficient (Wildman–Crippen LogP) is 8.62. The largest absolute Gasteiger partial charge is 0.487 e. The van der Waals surface area contributed by atoms with Gasteiger partial charge in [-0.1, -0.05) is 127 Å². The molecule has 2 N–H and O–H groups in total. The van der Waals surface area contributed by atoms with Crippen LogP contribution in [0.25, 0.3) is 10.8 Å².